The number of hydrogen-bond acceptors (Lipinski definition) is 6. The SMILES string of the molecule is CCCCOC1CCC(C(=O)Oc2ccc(CC)cc2)CC1.COc1ccc(OC(=O)C2CCC(C)CC2)cc1. The molecule has 0 atom stereocenters. The summed E-state index contributed by atoms with van der Waals surface area (Å²) in [6, 6.07) is 14.9. The Morgan fingerprint density at radius 1 is 0.700 bits per heavy atom. The van der Waals surface area contributed by atoms with Gasteiger partial charge >= 0.3 is 11.9 Å². The standard InChI is InChI=1S/C19H28O3.C15H20O3/c1-3-5-14-21-17-12-8-16(9-13-17)19(20)22-18-10-6-15(4-2)7-11-18;1-11-3-5-12(6-4-11)15(16)18-14-9-7-13(17-2)8-10-14/h6-7,10-11,16-17H,3-5,8-9,12-14H2,1-2H3;7-12H,3-6H2,1-2H3. The second-order valence-electron chi connectivity index (χ2n) is 11.2. The Morgan fingerprint density at radius 2 is 1.18 bits per heavy atom. The minimum absolute atomic E-state index is 0.0249. The number of rotatable bonds is 10. The van der Waals surface area contributed by atoms with Crippen molar-refractivity contribution in [1.29, 1.82) is 0 Å². The van der Waals surface area contributed by atoms with Crippen LogP contribution < -0.4 is 14.2 Å². The number of methoxy groups -OCH3 is 1. The van der Waals surface area contributed by atoms with Crippen LogP contribution in [0.4, 0.5) is 0 Å². The molecule has 0 unspecified atom stereocenters. The average molecular weight is 553 g/mol. The van der Waals surface area contributed by atoms with Crippen LogP contribution in [0.1, 0.15) is 90.5 Å². The van der Waals surface area contributed by atoms with Gasteiger partial charge in [0.05, 0.1) is 25.0 Å². The molecule has 0 spiro atoms. The lowest BCUT2D eigenvalue weighted by Gasteiger charge is -2.27. The van der Waals surface area contributed by atoms with Crippen molar-refractivity contribution >= 4 is 11.9 Å². The zero-order valence-corrected chi connectivity index (χ0v) is 24.9. The van der Waals surface area contributed by atoms with Crippen LogP contribution in [0.2, 0.25) is 0 Å². The second-order valence-corrected chi connectivity index (χ2v) is 11.2. The molecule has 6 nitrogen and oxygen atoms in total. The van der Waals surface area contributed by atoms with Crippen LogP contribution in [0.5, 0.6) is 17.2 Å². The first-order valence-electron chi connectivity index (χ1n) is 15.2. The molecule has 2 aromatic carbocycles. The molecular formula is C34H48O6. The summed E-state index contributed by atoms with van der Waals surface area (Å²) in [5.41, 5.74) is 1.25. The number of aryl methyl sites for hydroxylation is 1. The predicted octanol–water partition coefficient (Wildman–Crippen LogP) is 7.96. The number of benzene rings is 2. The van der Waals surface area contributed by atoms with E-state index in [4.69, 9.17) is 18.9 Å². The topological polar surface area (TPSA) is 71.1 Å². The highest BCUT2D eigenvalue weighted by Crippen LogP contribution is 2.30. The minimum atomic E-state index is -0.0907. The summed E-state index contributed by atoms with van der Waals surface area (Å²) in [7, 11) is 1.62. The van der Waals surface area contributed by atoms with Gasteiger partial charge in [-0.25, -0.2) is 0 Å². The molecule has 2 aliphatic carbocycles. The molecule has 0 N–H and O–H groups in total. The van der Waals surface area contributed by atoms with Gasteiger partial charge in [0.1, 0.15) is 17.2 Å². The first-order chi connectivity index (χ1) is 19.4. The molecule has 0 bridgehead atoms. The van der Waals surface area contributed by atoms with E-state index >= 15 is 0 Å². The maximum absolute atomic E-state index is 12.2. The van der Waals surface area contributed by atoms with Crippen molar-refractivity contribution in [3.05, 3.63) is 54.1 Å². The van der Waals surface area contributed by atoms with Crippen LogP contribution in [-0.4, -0.2) is 31.8 Å². The van der Waals surface area contributed by atoms with Gasteiger partial charge in [0.15, 0.2) is 0 Å². The minimum Gasteiger partial charge on any atom is -0.497 e. The Balaban J connectivity index is 0.000000225. The molecule has 2 aliphatic rings. The normalized spacial score (nSPS) is 22.4. The van der Waals surface area contributed by atoms with Crippen LogP contribution in [-0.2, 0) is 20.7 Å². The lowest BCUT2D eigenvalue weighted by Crippen LogP contribution is -2.29. The van der Waals surface area contributed by atoms with E-state index < -0.39 is 0 Å². The van der Waals surface area contributed by atoms with Crippen molar-refractivity contribution in [3.63, 3.8) is 0 Å². The molecule has 0 heterocycles. The van der Waals surface area contributed by atoms with Crippen LogP contribution in [0, 0.1) is 17.8 Å². The summed E-state index contributed by atoms with van der Waals surface area (Å²) in [6.07, 6.45) is 11.5. The predicted molar refractivity (Wildman–Crippen MR) is 158 cm³/mol. The van der Waals surface area contributed by atoms with E-state index in [9.17, 15) is 9.59 Å². The van der Waals surface area contributed by atoms with Gasteiger partial charge in [-0.1, -0.05) is 39.3 Å². The van der Waals surface area contributed by atoms with E-state index in [1.165, 1.54) is 12.0 Å². The number of carbonyl (C=O) groups is 2. The molecule has 2 saturated carbocycles. The summed E-state index contributed by atoms with van der Waals surface area (Å²) in [5, 5.41) is 0. The zero-order valence-electron chi connectivity index (χ0n) is 24.9. The Bertz CT molecular complexity index is 1000. The summed E-state index contributed by atoms with van der Waals surface area (Å²) in [5.74, 6) is 2.68. The van der Waals surface area contributed by atoms with Gasteiger partial charge in [-0.3, -0.25) is 9.59 Å². The van der Waals surface area contributed by atoms with Gasteiger partial charge in [-0.15, -0.1) is 0 Å². The van der Waals surface area contributed by atoms with E-state index in [1.54, 1.807) is 31.4 Å². The molecule has 2 fully saturated rings. The van der Waals surface area contributed by atoms with Gasteiger partial charge < -0.3 is 18.9 Å². The Hall–Kier alpha value is -2.86. The maximum atomic E-state index is 12.2. The summed E-state index contributed by atoms with van der Waals surface area (Å²) in [6.45, 7) is 7.37. The summed E-state index contributed by atoms with van der Waals surface area (Å²) < 4.78 is 21.8. The quantitative estimate of drug-likeness (QED) is 0.169. The van der Waals surface area contributed by atoms with Crippen molar-refractivity contribution in [2.24, 2.45) is 17.8 Å². The molecule has 0 saturated heterocycles. The summed E-state index contributed by atoms with van der Waals surface area (Å²) in [4.78, 5) is 24.2. The summed E-state index contributed by atoms with van der Waals surface area (Å²) >= 11 is 0. The van der Waals surface area contributed by atoms with Crippen molar-refractivity contribution in [2.45, 2.75) is 97.5 Å². The average Bonchev–Trinajstić information content (AvgIpc) is 2.99. The van der Waals surface area contributed by atoms with Gasteiger partial charge in [-0.2, -0.15) is 0 Å². The van der Waals surface area contributed by atoms with E-state index in [0.29, 0.717) is 17.6 Å². The van der Waals surface area contributed by atoms with Gasteiger partial charge in [0, 0.05) is 6.61 Å². The Kier molecular flexibility index (Phi) is 13.5. The van der Waals surface area contributed by atoms with Crippen LogP contribution in [0.25, 0.3) is 0 Å². The van der Waals surface area contributed by atoms with E-state index in [1.807, 2.05) is 24.3 Å². The van der Waals surface area contributed by atoms with Crippen molar-refractivity contribution in [1.82, 2.24) is 0 Å². The first-order valence-corrected chi connectivity index (χ1v) is 15.2. The molecule has 0 radical (unpaired) electrons. The second kappa shape index (κ2) is 17.1. The lowest BCUT2D eigenvalue weighted by molar-refractivity contribution is -0.141. The van der Waals surface area contributed by atoms with E-state index in [2.05, 4.69) is 20.8 Å². The van der Waals surface area contributed by atoms with Gasteiger partial charge in [0.2, 0.25) is 0 Å². The fourth-order valence-corrected chi connectivity index (χ4v) is 5.19. The molecule has 0 aliphatic heterocycles. The van der Waals surface area contributed by atoms with E-state index in [-0.39, 0.29) is 23.8 Å². The molecule has 40 heavy (non-hydrogen) atoms. The number of unbranched alkanes of at least 4 members (excludes halogenated alkanes) is 1. The van der Waals surface area contributed by atoms with Gasteiger partial charge in [-0.05, 0) is 112 Å². The molecule has 0 aromatic heterocycles. The third-order valence-electron chi connectivity index (χ3n) is 8.04. The molecule has 2 aromatic rings. The van der Waals surface area contributed by atoms with Crippen LogP contribution in [0.3, 0.4) is 0 Å². The smallest absolute Gasteiger partial charge is 0.314 e. The fourth-order valence-electron chi connectivity index (χ4n) is 5.19. The molecule has 6 heteroatoms. The highest BCUT2D eigenvalue weighted by molar-refractivity contribution is 5.75. The monoisotopic (exact) mass is 552 g/mol. The largest absolute Gasteiger partial charge is 0.497 e. The maximum Gasteiger partial charge on any atom is 0.314 e. The Morgan fingerprint density at radius 3 is 1.65 bits per heavy atom. The molecule has 4 rings (SSSR count). The van der Waals surface area contributed by atoms with E-state index in [0.717, 1.165) is 82.5 Å². The van der Waals surface area contributed by atoms with Crippen molar-refractivity contribution in [3.8, 4) is 17.2 Å². The van der Waals surface area contributed by atoms with Crippen LogP contribution >= 0.6 is 0 Å². The highest BCUT2D eigenvalue weighted by Gasteiger charge is 2.28. The molecule has 220 valence electrons. The lowest BCUT2D eigenvalue weighted by atomic mass is 9.83. The first kappa shape index (κ1) is 31.7. The number of esters is 2. The third kappa shape index (κ3) is 10.6. The molecule has 0 amide bonds. The zero-order chi connectivity index (χ0) is 28.7. The van der Waals surface area contributed by atoms with Crippen LogP contribution in [0.15, 0.2) is 48.5 Å². The van der Waals surface area contributed by atoms with Crippen molar-refractivity contribution < 1.29 is 28.5 Å². The Labute approximate surface area is 240 Å². The number of ether oxygens (including phenoxy) is 4. The third-order valence-corrected chi connectivity index (χ3v) is 8.04. The molecular weight excluding hydrogens is 504 g/mol. The highest BCUT2D eigenvalue weighted by atomic mass is 16.5. The number of carbonyl (C=O) groups excluding carboxylic acids is 2. The number of hydrogen-bond donors (Lipinski definition) is 0. The fraction of sp³-hybridized carbons (Fsp3) is 0.588. The van der Waals surface area contributed by atoms with Crippen molar-refractivity contribution in [2.75, 3.05) is 13.7 Å². The van der Waals surface area contributed by atoms with Gasteiger partial charge in [0.25, 0.3) is 0 Å².